The Balaban J connectivity index is 4.19. The van der Waals surface area contributed by atoms with Crippen molar-refractivity contribution in [3.05, 3.63) is 12.2 Å². The molecular formula is C75H144O6. The van der Waals surface area contributed by atoms with Gasteiger partial charge in [0.05, 0.1) is 0 Å². The molecule has 1 atom stereocenters. The van der Waals surface area contributed by atoms with E-state index < -0.39 is 6.10 Å². The smallest absolute Gasteiger partial charge is 0.306 e. The van der Waals surface area contributed by atoms with Crippen LogP contribution in [0.15, 0.2) is 12.2 Å². The Hall–Kier alpha value is -1.85. The molecule has 0 rings (SSSR count). The molecule has 0 fully saturated rings. The first kappa shape index (κ1) is 79.2. The molecule has 0 N–H and O–H groups in total. The number of unbranched alkanes of at least 4 members (excludes halogenated alkanes) is 57. The lowest BCUT2D eigenvalue weighted by Gasteiger charge is -2.18. The summed E-state index contributed by atoms with van der Waals surface area (Å²) in [5.74, 6) is -0.822. The van der Waals surface area contributed by atoms with E-state index in [1.54, 1.807) is 0 Å². The van der Waals surface area contributed by atoms with Gasteiger partial charge >= 0.3 is 17.9 Å². The summed E-state index contributed by atoms with van der Waals surface area (Å²) in [6.45, 7) is 6.74. The van der Waals surface area contributed by atoms with Gasteiger partial charge in [0.25, 0.3) is 0 Å². The van der Waals surface area contributed by atoms with Crippen LogP contribution in [0.1, 0.15) is 432 Å². The summed E-state index contributed by atoms with van der Waals surface area (Å²) in [7, 11) is 0. The minimum atomic E-state index is -0.766. The highest BCUT2D eigenvalue weighted by Gasteiger charge is 2.20. The monoisotopic (exact) mass is 1140 g/mol. The number of allylic oxidation sites excluding steroid dienone is 2. The van der Waals surface area contributed by atoms with Crippen LogP contribution in [0.4, 0.5) is 0 Å². The lowest BCUT2D eigenvalue weighted by atomic mass is 10.0. The van der Waals surface area contributed by atoms with Crippen LogP contribution in [-0.4, -0.2) is 37.2 Å². The third-order valence-corrected chi connectivity index (χ3v) is 17.3. The van der Waals surface area contributed by atoms with Crippen molar-refractivity contribution in [1.82, 2.24) is 0 Å². The van der Waals surface area contributed by atoms with Crippen LogP contribution in [0.5, 0.6) is 0 Å². The molecule has 480 valence electrons. The van der Waals surface area contributed by atoms with Gasteiger partial charge in [0.2, 0.25) is 0 Å². The summed E-state index contributed by atoms with van der Waals surface area (Å²) in [6.07, 6.45) is 85.4. The quantitative estimate of drug-likeness (QED) is 0.0261. The highest BCUT2D eigenvalue weighted by Crippen LogP contribution is 2.19. The van der Waals surface area contributed by atoms with Gasteiger partial charge in [0.15, 0.2) is 6.10 Å². The molecule has 0 heterocycles. The fraction of sp³-hybridized carbons (Fsp3) is 0.933. The van der Waals surface area contributed by atoms with Gasteiger partial charge in [-0.15, -0.1) is 0 Å². The van der Waals surface area contributed by atoms with E-state index in [1.807, 2.05) is 0 Å². The first-order valence-electron chi connectivity index (χ1n) is 37.2. The molecule has 0 saturated carbocycles. The third kappa shape index (κ3) is 68.8. The lowest BCUT2D eigenvalue weighted by molar-refractivity contribution is -0.167. The van der Waals surface area contributed by atoms with E-state index in [-0.39, 0.29) is 31.1 Å². The first-order valence-corrected chi connectivity index (χ1v) is 37.2. The van der Waals surface area contributed by atoms with Crippen molar-refractivity contribution in [3.63, 3.8) is 0 Å². The standard InChI is InChI=1S/C75H144O6/c1-4-7-10-13-16-19-22-25-28-30-32-34-36-37-38-39-40-42-43-45-47-50-53-56-59-62-65-68-74(77)80-71-72(70-79-73(76)67-64-61-58-55-52-49-27-24-21-18-15-12-9-6-3)81-75(78)69-66-63-60-57-54-51-48-46-44-41-35-33-31-29-26-23-20-17-14-11-8-5-2/h30,32,72H,4-29,31,33-71H2,1-3H3/b32-30-. The second-order valence-electron chi connectivity index (χ2n) is 25.6. The van der Waals surface area contributed by atoms with Crippen molar-refractivity contribution in [2.24, 2.45) is 0 Å². The van der Waals surface area contributed by atoms with E-state index in [0.29, 0.717) is 19.3 Å². The van der Waals surface area contributed by atoms with Crippen molar-refractivity contribution < 1.29 is 28.6 Å². The van der Waals surface area contributed by atoms with Crippen LogP contribution in [0, 0.1) is 0 Å². The van der Waals surface area contributed by atoms with Crippen molar-refractivity contribution in [2.75, 3.05) is 13.2 Å². The molecule has 1 unspecified atom stereocenters. The van der Waals surface area contributed by atoms with Gasteiger partial charge < -0.3 is 14.2 Å². The normalized spacial score (nSPS) is 12.0. The van der Waals surface area contributed by atoms with Crippen molar-refractivity contribution >= 4 is 17.9 Å². The van der Waals surface area contributed by atoms with Crippen LogP contribution < -0.4 is 0 Å². The average molecular weight is 1140 g/mol. The first-order chi connectivity index (χ1) is 40.0. The summed E-state index contributed by atoms with van der Waals surface area (Å²) in [4.78, 5) is 38.5. The minimum Gasteiger partial charge on any atom is -0.462 e. The molecular weight excluding hydrogens is 997 g/mol. The Labute approximate surface area is 507 Å². The number of hydrogen-bond acceptors (Lipinski definition) is 6. The molecule has 6 nitrogen and oxygen atoms in total. The molecule has 0 aliphatic carbocycles. The van der Waals surface area contributed by atoms with Crippen LogP contribution in [-0.2, 0) is 28.6 Å². The van der Waals surface area contributed by atoms with Gasteiger partial charge in [-0.3, -0.25) is 14.4 Å². The van der Waals surface area contributed by atoms with Gasteiger partial charge in [-0.05, 0) is 44.9 Å². The number of ether oxygens (including phenoxy) is 3. The minimum absolute atomic E-state index is 0.0620. The molecule has 0 saturated heterocycles. The summed E-state index contributed by atoms with van der Waals surface area (Å²) in [5, 5.41) is 0. The van der Waals surface area contributed by atoms with Crippen LogP contribution in [0.2, 0.25) is 0 Å². The van der Waals surface area contributed by atoms with Crippen LogP contribution >= 0.6 is 0 Å². The van der Waals surface area contributed by atoms with Gasteiger partial charge in [-0.25, -0.2) is 0 Å². The van der Waals surface area contributed by atoms with E-state index in [2.05, 4.69) is 32.9 Å². The van der Waals surface area contributed by atoms with Crippen molar-refractivity contribution in [1.29, 1.82) is 0 Å². The predicted octanol–water partition coefficient (Wildman–Crippen LogP) is 25.6. The summed E-state index contributed by atoms with van der Waals surface area (Å²) < 4.78 is 17.0. The Morgan fingerprint density at radius 1 is 0.235 bits per heavy atom. The topological polar surface area (TPSA) is 78.9 Å². The zero-order chi connectivity index (χ0) is 58.5. The Morgan fingerprint density at radius 2 is 0.407 bits per heavy atom. The molecule has 0 radical (unpaired) electrons. The van der Waals surface area contributed by atoms with Gasteiger partial charge in [0.1, 0.15) is 13.2 Å². The maximum atomic E-state index is 13.0. The van der Waals surface area contributed by atoms with E-state index in [4.69, 9.17) is 14.2 Å². The van der Waals surface area contributed by atoms with Crippen molar-refractivity contribution in [2.45, 2.75) is 438 Å². The Bertz CT molecular complexity index is 1260. The zero-order valence-electron chi connectivity index (χ0n) is 55.4. The summed E-state index contributed by atoms with van der Waals surface area (Å²) >= 11 is 0. The third-order valence-electron chi connectivity index (χ3n) is 17.3. The van der Waals surface area contributed by atoms with Gasteiger partial charge in [0, 0.05) is 19.3 Å². The van der Waals surface area contributed by atoms with E-state index in [0.717, 1.165) is 57.8 Å². The maximum absolute atomic E-state index is 13.0. The molecule has 0 aromatic rings. The van der Waals surface area contributed by atoms with E-state index in [1.165, 1.54) is 334 Å². The number of carbonyl (C=O) groups excluding carboxylic acids is 3. The highest BCUT2D eigenvalue weighted by molar-refractivity contribution is 5.71. The molecule has 0 aliphatic heterocycles. The fourth-order valence-electron chi connectivity index (χ4n) is 11.7. The second kappa shape index (κ2) is 70.6. The SMILES string of the molecule is CCCCCCCCCC/C=C\CCCCCCCCCCCCCCCCCC(=O)OCC(COC(=O)CCCCCCCCCCCCCCCC)OC(=O)CCCCCCCCCCCCCCCCCCCCCCCC. The number of carbonyl (C=O) groups is 3. The fourth-order valence-corrected chi connectivity index (χ4v) is 11.7. The van der Waals surface area contributed by atoms with Gasteiger partial charge in [-0.2, -0.15) is 0 Å². The number of rotatable bonds is 70. The summed E-state index contributed by atoms with van der Waals surface area (Å²) in [6, 6.07) is 0. The maximum Gasteiger partial charge on any atom is 0.306 e. The molecule has 6 heteroatoms. The van der Waals surface area contributed by atoms with Crippen molar-refractivity contribution in [3.8, 4) is 0 Å². The second-order valence-corrected chi connectivity index (χ2v) is 25.6. The summed E-state index contributed by atoms with van der Waals surface area (Å²) in [5.41, 5.74) is 0. The van der Waals surface area contributed by atoms with E-state index >= 15 is 0 Å². The molecule has 0 amide bonds. The molecule has 0 spiro atoms. The Morgan fingerprint density at radius 3 is 0.617 bits per heavy atom. The lowest BCUT2D eigenvalue weighted by Crippen LogP contribution is -2.30. The molecule has 0 bridgehead atoms. The molecule has 81 heavy (non-hydrogen) atoms. The predicted molar refractivity (Wildman–Crippen MR) is 353 cm³/mol. The van der Waals surface area contributed by atoms with Crippen LogP contribution in [0.25, 0.3) is 0 Å². The number of esters is 3. The van der Waals surface area contributed by atoms with E-state index in [9.17, 15) is 14.4 Å². The largest absolute Gasteiger partial charge is 0.462 e. The van der Waals surface area contributed by atoms with Crippen LogP contribution in [0.3, 0.4) is 0 Å². The van der Waals surface area contributed by atoms with Gasteiger partial charge in [-0.1, -0.05) is 380 Å². The Kier molecular flexibility index (Phi) is 69.0. The molecule has 0 aliphatic rings. The number of hydrogen-bond donors (Lipinski definition) is 0. The average Bonchev–Trinajstić information content (AvgIpc) is 3.47. The highest BCUT2D eigenvalue weighted by atomic mass is 16.6. The molecule has 0 aromatic carbocycles. The zero-order valence-corrected chi connectivity index (χ0v) is 55.4. The molecule has 0 aromatic heterocycles.